The minimum Gasteiger partial charge on any atom is -0.496 e. The van der Waals surface area contributed by atoms with Gasteiger partial charge in [0, 0.05) is 6.42 Å². The van der Waals surface area contributed by atoms with Crippen LogP contribution >= 0.6 is 0 Å². The molecule has 0 saturated heterocycles. The van der Waals surface area contributed by atoms with Crippen LogP contribution in [0.2, 0.25) is 0 Å². The lowest BCUT2D eigenvalue weighted by atomic mass is 9.84. The molecule has 0 aromatic heterocycles. The Morgan fingerprint density at radius 1 is 1.39 bits per heavy atom. The molecule has 0 aliphatic heterocycles. The highest BCUT2D eigenvalue weighted by molar-refractivity contribution is 6.00. The lowest BCUT2D eigenvalue weighted by molar-refractivity contribution is 0.0981. The number of methoxy groups -OCH3 is 1. The number of ketones is 1. The Kier molecular flexibility index (Phi) is 4.02. The van der Waals surface area contributed by atoms with Crippen LogP contribution in [0.4, 0.5) is 0 Å². The van der Waals surface area contributed by atoms with Crippen molar-refractivity contribution in [2.75, 3.05) is 13.7 Å². The summed E-state index contributed by atoms with van der Waals surface area (Å²) in [6.45, 7) is 2.43. The van der Waals surface area contributed by atoms with E-state index < -0.39 is 0 Å². The van der Waals surface area contributed by atoms with E-state index in [2.05, 4.69) is 0 Å². The molecule has 1 aliphatic carbocycles. The zero-order valence-corrected chi connectivity index (χ0v) is 11.2. The molecule has 0 radical (unpaired) electrons. The monoisotopic (exact) mass is 247 g/mol. The number of Topliss-reactive ketones (excluding diaryl/α,β-unsaturated/α-hetero) is 1. The second kappa shape index (κ2) is 5.53. The van der Waals surface area contributed by atoms with Gasteiger partial charge in [0.1, 0.15) is 5.75 Å². The number of hydrogen-bond donors (Lipinski definition) is 1. The third-order valence-corrected chi connectivity index (χ3v) is 3.76. The van der Waals surface area contributed by atoms with Crippen LogP contribution in [-0.4, -0.2) is 19.4 Å². The van der Waals surface area contributed by atoms with Gasteiger partial charge in [0.15, 0.2) is 5.78 Å². The van der Waals surface area contributed by atoms with Crippen LogP contribution in [0.15, 0.2) is 6.07 Å². The first-order valence-electron chi connectivity index (χ1n) is 6.61. The van der Waals surface area contributed by atoms with Gasteiger partial charge in [-0.1, -0.05) is 0 Å². The standard InChI is InChI=1S/C15H21NO2/c1-10-12-6-4-3-5-11(12)9-14(18-2)15(10)13(17)7-8-16/h9H,3-8,16H2,1-2H3. The molecular formula is C15H21NO2. The van der Waals surface area contributed by atoms with Gasteiger partial charge >= 0.3 is 0 Å². The van der Waals surface area contributed by atoms with Crippen molar-refractivity contribution in [2.24, 2.45) is 5.73 Å². The summed E-state index contributed by atoms with van der Waals surface area (Å²) in [5.74, 6) is 0.812. The van der Waals surface area contributed by atoms with Crippen LogP contribution in [0.25, 0.3) is 0 Å². The molecule has 1 aromatic rings. The molecule has 0 unspecified atom stereocenters. The lowest BCUT2D eigenvalue weighted by Gasteiger charge is -2.22. The van der Waals surface area contributed by atoms with Gasteiger partial charge in [-0.25, -0.2) is 0 Å². The summed E-state index contributed by atoms with van der Waals surface area (Å²) in [7, 11) is 1.63. The molecule has 3 heteroatoms. The minimum atomic E-state index is 0.0974. The second-order valence-corrected chi connectivity index (χ2v) is 4.89. The van der Waals surface area contributed by atoms with Crippen LogP contribution in [0, 0.1) is 6.92 Å². The summed E-state index contributed by atoms with van der Waals surface area (Å²) < 4.78 is 5.40. The number of nitrogens with two attached hydrogens (primary N) is 1. The number of carbonyl (C=O) groups is 1. The van der Waals surface area contributed by atoms with Crippen molar-refractivity contribution in [1.29, 1.82) is 0 Å². The van der Waals surface area contributed by atoms with Gasteiger partial charge in [-0.05, 0) is 61.9 Å². The van der Waals surface area contributed by atoms with Crippen molar-refractivity contribution in [3.8, 4) is 5.75 Å². The zero-order valence-electron chi connectivity index (χ0n) is 11.2. The Morgan fingerprint density at radius 2 is 2.11 bits per heavy atom. The Labute approximate surface area is 108 Å². The average molecular weight is 247 g/mol. The third kappa shape index (κ3) is 2.27. The summed E-state index contributed by atoms with van der Waals surface area (Å²) >= 11 is 0. The van der Waals surface area contributed by atoms with Crippen molar-refractivity contribution < 1.29 is 9.53 Å². The van der Waals surface area contributed by atoms with E-state index in [4.69, 9.17) is 10.5 Å². The Hall–Kier alpha value is -1.35. The molecule has 2 N–H and O–H groups in total. The number of hydrogen-bond acceptors (Lipinski definition) is 3. The Bertz CT molecular complexity index is 466. The van der Waals surface area contributed by atoms with Crippen LogP contribution in [0.1, 0.15) is 46.3 Å². The maximum atomic E-state index is 12.2. The number of carbonyl (C=O) groups excluding carboxylic acids is 1. The second-order valence-electron chi connectivity index (χ2n) is 4.89. The molecule has 1 aliphatic rings. The van der Waals surface area contributed by atoms with Crippen LogP contribution < -0.4 is 10.5 Å². The van der Waals surface area contributed by atoms with Gasteiger partial charge in [-0.2, -0.15) is 0 Å². The van der Waals surface area contributed by atoms with Gasteiger partial charge in [0.2, 0.25) is 0 Å². The molecule has 3 nitrogen and oxygen atoms in total. The fraction of sp³-hybridized carbons (Fsp3) is 0.533. The van der Waals surface area contributed by atoms with Gasteiger partial charge in [-0.15, -0.1) is 0 Å². The van der Waals surface area contributed by atoms with Crippen molar-refractivity contribution in [3.63, 3.8) is 0 Å². The molecule has 0 atom stereocenters. The molecule has 0 fully saturated rings. The maximum absolute atomic E-state index is 12.2. The zero-order chi connectivity index (χ0) is 13.1. The summed E-state index contributed by atoms with van der Waals surface area (Å²) in [6.07, 6.45) is 5.00. The Balaban J connectivity index is 2.53. The van der Waals surface area contributed by atoms with E-state index in [1.807, 2.05) is 13.0 Å². The number of fused-ring (bicyclic) bond motifs is 1. The van der Waals surface area contributed by atoms with E-state index in [-0.39, 0.29) is 5.78 Å². The largest absolute Gasteiger partial charge is 0.496 e. The highest BCUT2D eigenvalue weighted by Gasteiger charge is 2.21. The summed E-state index contributed by atoms with van der Waals surface area (Å²) in [6, 6.07) is 2.05. The van der Waals surface area contributed by atoms with Gasteiger partial charge in [0.25, 0.3) is 0 Å². The SMILES string of the molecule is COc1cc2c(c(C)c1C(=O)CCN)CCCC2. The first-order valence-corrected chi connectivity index (χ1v) is 6.61. The molecule has 98 valence electrons. The van der Waals surface area contributed by atoms with E-state index in [1.54, 1.807) is 7.11 Å². The third-order valence-electron chi connectivity index (χ3n) is 3.76. The minimum absolute atomic E-state index is 0.0974. The van der Waals surface area contributed by atoms with E-state index in [0.29, 0.717) is 18.7 Å². The molecular weight excluding hydrogens is 226 g/mol. The quantitative estimate of drug-likeness (QED) is 0.831. The molecule has 1 aromatic carbocycles. The first-order chi connectivity index (χ1) is 8.69. The van der Waals surface area contributed by atoms with E-state index in [9.17, 15) is 4.79 Å². The van der Waals surface area contributed by atoms with Gasteiger partial charge in [0.05, 0.1) is 12.7 Å². The molecule has 0 amide bonds. The number of benzene rings is 1. The number of ether oxygens (including phenoxy) is 1. The average Bonchev–Trinajstić information content (AvgIpc) is 2.38. The van der Waals surface area contributed by atoms with Crippen LogP contribution in [0.5, 0.6) is 5.75 Å². The van der Waals surface area contributed by atoms with E-state index in [1.165, 1.54) is 24.0 Å². The molecule has 0 heterocycles. The van der Waals surface area contributed by atoms with Gasteiger partial charge in [-0.3, -0.25) is 4.79 Å². The number of rotatable bonds is 4. The first kappa shape index (κ1) is 13.1. The van der Waals surface area contributed by atoms with Crippen molar-refractivity contribution >= 4 is 5.78 Å². The summed E-state index contributed by atoms with van der Waals surface area (Å²) in [4.78, 5) is 12.2. The van der Waals surface area contributed by atoms with E-state index >= 15 is 0 Å². The van der Waals surface area contributed by atoms with Crippen molar-refractivity contribution in [2.45, 2.75) is 39.0 Å². The smallest absolute Gasteiger partial charge is 0.168 e. The summed E-state index contributed by atoms with van der Waals surface area (Å²) in [5, 5.41) is 0. The normalized spacial score (nSPS) is 14.2. The molecule has 18 heavy (non-hydrogen) atoms. The molecule has 0 bridgehead atoms. The Morgan fingerprint density at radius 3 is 2.78 bits per heavy atom. The van der Waals surface area contributed by atoms with Crippen molar-refractivity contribution in [1.82, 2.24) is 0 Å². The summed E-state index contributed by atoms with van der Waals surface area (Å²) in [5.41, 5.74) is 10.0. The fourth-order valence-corrected chi connectivity index (χ4v) is 2.85. The molecule has 0 spiro atoms. The topological polar surface area (TPSA) is 52.3 Å². The number of aryl methyl sites for hydroxylation is 1. The molecule has 2 rings (SSSR count). The molecule has 0 saturated carbocycles. The van der Waals surface area contributed by atoms with Crippen LogP contribution in [-0.2, 0) is 12.8 Å². The maximum Gasteiger partial charge on any atom is 0.168 e. The fourth-order valence-electron chi connectivity index (χ4n) is 2.85. The van der Waals surface area contributed by atoms with Gasteiger partial charge < -0.3 is 10.5 Å². The highest BCUT2D eigenvalue weighted by Crippen LogP contribution is 2.33. The van der Waals surface area contributed by atoms with E-state index in [0.717, 1.165) is 24.0 Å². The van der Waals surface area contributed by atoms with Crippen molar-refractivity contribution in [3.05, 3.63) is 28.3 Å². The lowest BCUT2D eigenvalue weighted by Crippen LogP contribution is -2.14. The predicted molar refractivity (Wildman–Crippen MR) is 72.4 cm³/mol. The highest BCUT2D eigenvalue weighted by atomic mass is 16.5. The van der Waals surface area contributed by atoms with Crippen LogP contribution in [0.3, 0.4) is 0 Å². The predicted octanol–water partition coefficient (Wildman–Crippen LogP) is 2.41.